The maximum atomic E-state index is 13.4. The van der Waals surface area contributed by atoms with Crippen molar-refractivity contribution in [2.75, 3.05) is 32.3 Å². The van der Waals surface area contributed by atoms with Gasteiger partial charge in [-0.3, -0.25) is 14.4 Å². The Hall–Kier alpha value is -4.04. The van der Waals surface area contributed by atoms with Crippen LogP contribution in [-0.4, -0.2) is 56.0 Å². The van der Waals surface area contributed by atoms with E-state index >= 15 is 0 Å². The summed E-state index contributed by atoms with van der Waals surface area (Å²) >= 11 is 5.97. The van der Waals surface area contributed by atoms with E-state index in [2.05, 4.69) is 0 Å². The van der Waals surface area contributed by atoms with Crippen molar-refractivity contribution in [2.45, 2.75) is 18.9 Å². The molecule has 1 unspecified atom stereocenters. The average molecular weight is 523 g/mol. The van der Waals surface area contributed by atoms with Crippen molar-refractivity contribution in [3.8, 4) is 17.2 Å². The van der Waals surface area contributed by atoms with Crippen molar-refractivity contribution in [1.29, 1.82) is 0 Å². The summed E-state index contributed by atoms with van der Waals surface area (Å²) in [7, 11) is 3.10. The number of para-hydroxylation sites is 1. The molecule has 1 fully saturated rings. The van der Waals surface area contributed by atoms with Gasteiger partial charge in [0.1, 0.15) is 11.8 Å². The van der Waals surface area contributed by atoms with Crippen LogP contribution in [0.1, 0.15) is 12.0 Å². The minimum Gasteiger partial charge on any atom is -0.493 e. The van der Waals surface area contributed by atoms with E-state index in [4.69, 9.17) is 25.8 Å². The lowest BCUT2D eigenvalue weighted by atomic mass is 10.1. The highest BCUT2D eigenvalue weighted by Gasteiger charge is 2.44. The number of halogens is 1. The normalized spacial score (nSPS) is 15.0. The number of hydrogen-bond acceptors (Lipinski definition) is 6. The summed E-state index contributed by atoms with van der Waals surface area (Å²) < 4.78 is 16.3. The van der Waals surface area contributed by atoms with Gasteiger partial charge in [0.25, 0.3) is 11.8 Å². The SMILES string of the molecule is COc1ccc(CCN(C(=O)COc2ccccc2)C2CC(=O)N(c3ccc(Cl)cc3)C2=O)cc1OC. The first-order valence-electron chi connectivity index (χ1n) is 11.7. The van der Waals surface area contributed by atoms with Gasteiger partial charge in [-0.15, -0.1) is 0 Å². The molecule has 0 spiro atoms. The molecular weight excluding hydrogens is 496 g/mol. The summed E-state index contributed by atoms with van der Waals surface area (Å²) in [5.74, 6) is 0.440. The van der Waals surface area contributed by atoms with Crippen LogP contribution in [0.25, 0.3) is 0 Å². The van der Waals surface area contributed by atoms with E-state index in [9.17, 15) is 14.4 Å². The highest BCUT2D eigenvalue weighted by atomic mass is 35.5. The van der Waals surface area contributed by atoms with Gasteiger partial charge < -0.3 is 19.1 Å². The van der Waals surface area contributed by atoms with E-state index in [1.165, 1.54) is 4.90 Å². The third-order valence-electron chi connectivity index (χ3n) is 6.10. The number of rotatable bonds is 10. The van der Waals surface area contributed by atoms with Gasteiger partial charge in [0.15, 0.2) is 18.1 Å². The van der Waals surface area contributed by atoms with Gasteiger partial charge in [-0.2, -0.15) is 0 Å². The zero-order chi connectivity index (χ0) is 26.4. The molecular formula is C28H27ClN2O6. The first kappa shape index (κ1) is 26.0. The quantitative estimate of drug-likeness (QED) is 0.372. The zero-order valence-electron chi connectivity index (χ0n) is 20.6. The molecule has 1 aliphatic rings. The van der Waals surface area contributed by atoms with Crippen LogP contribution in [0, 0.1) is 0 Å². The van der Waals surface area contributed by atoms with Crippen LogP contribution in [0.4, 0.5) is 5.69 Å². The summed E-state index contributed by atoms with van der Waals surface area (Å²) in [5, 5.41) is 0.490. The Morgan fingerprint density at radius 3 is 2.35 bits per heavy atom. The molecule has 3 amide bonds. The highest BCUT2D eigenvalue weighted by Crippen LogP contribution is 2.29. The fourth-order valence-corrected chi connectivity index (χ4v) is 4.33. The largest absolute Gasteiger partial charge is 0.493 e. The molecule has 0 N–H and O–H groups in total. The number of benzene rings is 3. The summed E-state index contributed by atoms with van der Waals surface area (Å²) in [6.45, 7) is -0.0700. The predicted molar refractivity (Wildman–Crippen MR) is 139 cm³/mol. The van der Waals surface area contributed by atoms with Crippen molar-refractivity contribution in [3.05, 3.63) is 83.4 Å². The van der Waals surface area contributed by atoms with Gasteiger partial charge in [-0.1, -0.05) is 35.9 Å². The summed E-state index contributed by atoms with van der Waals surface area (Å²) in [6, 6.07) is 19.9. The molecule has 0 saturated carbocycles. The number of carbonyl (C=O) groups is 3. The van der Waals surface area contributed by atoms with Crippen molar-refractivity contribution < 1.29 is 28.6 Å². The van der Waals surface area contributed by atoms with Gasteiger partial charge in [-0.05, 0) is 60.5 Å². The molecule has 0 radical (unpaired) electrons. The summed E-state index contributed by atoms with van der Waals surface area (Å²) in [4.78, 5) is 42.2. The maximum Gasteiger partial charge on any atom is 0.261 e. The third kappa shape index (κ3) is 6.03. The lowest BCUT2D eigenvalue weighted by Gasteiger charge is -2.28. The number of hydrogen-bond donors (Lipinski definition) is 0. The van der Waals surface area contributed by atoms with Crippen LogP contribution in [0.15, 0.2) is 72.8 Å². The summed E-state index contributed by atoms with van der Waals surface area (Å²) in [5.41, 5.74) is 1.29. The lowest BCUT2D eigenvalue weighted by molar-refractivity contribution is -0.140. The van der Waals surface area contributed by atoms with E-state index in [-0.39, 0.29) is 25.5 Å². The molecule has 4 rings (SSSR count). The van der Waals surface area contributed by atoms with Crippen LogP contribution in [0.3, 0.4) is 0 Å². The van der Waals surface area contributed by atoms with E-state index in [0.717, 1.165) is 10.5 Å². The predicted octanol–water partition coefficient (Wildman–Crippen LogP) is 4.14. The molecule has 192 valence electrons. The lowest BCUT2D eigenvalue weighted by Crippen LogP contribution is -2.48. The molecule has 1 atom stereocenters. The third-order valence-corrected chi connectivity index (χ3v) is 6.35. The Kier molecular flexibility index (Phi) is 8.30. The molecule has 3 aromatic rings. The van der Waals surface area contributed by atoms with Gasteiger partial charge >= 0.3 is 0 Å². The second kappa shape index (κ2) is 11.8. The molecule has 0 aliphatic carbocycles. The van der Waals surface area contributed by atoms with Crippen LogP contribution in [0.5, 0.6) is 17.2 Å². The Morgan fingerprint density at radius 1 is 0.973 bits per heavy atom. The smallest absolute Gasteiger partial charge is 0.261 e. The number of ether oxygens (including phenoxy) is 3. The van der Waals surface area contributed by atoms with Crippen molar-refractivity contribution >= 4 is 35.0 Å². The van der Waals surface area contributed by atoms with Crippen LogP contribution in [0.2, 0.25) is 5.02 Å². The van der Waals surface area contributed by atoms with Gasteiger partial charge in [0, 0.05) is 11.6 Å². The fourth-order valence-electron chi connectivity index (χ4n) is 4.21. The van der Waals surface area contributed by atoms with E-state index in [0.29, 0.717) is 34.4 Å². The standard InChI is InChI=1S/C28H27ClN2O6/c1-35-24-13-8-19(16-25(24)36-2)14-15-30(27(33)18-37-22-6-4-3-5-7-22)23-17-26(32)31(28(23)34)21-11-9-20(29)10-12-21/h3-13,16,23H,14-15,17-18H2,1-2H3. The number of carbonyl (C=O) groups excluding carboxylic acids is 3. The minimum atomic E-state index is -0.949. The van der Waals surface area contributed by atoms with E-state index < -0.39 is 17.9 Å². The number of nitrogens with zero attached hydrogens (tertiary/aromatic N) is 2. The number of imide groups is 1. The monoisotopic (exact) mass is 522 g/mol. The Balaban J connectivity index is 1.55. The molecule has 1 saturated heterocycles. The Morgan fingerprint density at radius 2 is 1.68 bits per heavy atom. The molecule has 37 heavy (non-hydrogen) atoms. The second-order valence-corrected chi connectivity index (χ2v) is 8.83. The summed E-state index contributed by atoms with van der Waals surface area (Å²) in [6.07, 6.45) is 0.306. The number of methoxy groups -OCH3 is 2. The first-order valence-corrected chi connectivity index (χ1v) is 12.1. The molecule has 1 heterocycles. The topological polar surface area (TPSA) is 85.4 Å². The number of amides is 3. The molecule has 0 aromatic heterocycles. The highest BCUT2D eigenvalue weighted by molar-refractivity contribution is 6.30. The van der Waals surface area contributed by atoms with Crippen molar-refractivity contribution in [1.82, 2.24) is 4.90 Å². The van der Waals surface area contributed by atoms with E-state index in [1.807, 2.05) is 18.2 Å². The Labute approximate surface area is 220 Å². The molecule has 8 nitrogen and oxygen atoms in total. The van der Waals surface area contributed by atoms with Crippen LogP contribution >= 0.6 is 11.6 Å². The number of anilines is 1. The van der Waals surface area contributed by atoms with Crippen LogP contribution in [-0.2, 0) is 20.8 Å². The van der Waals surface area contributed by atoms with Gasteiger partial charge in [0.05, 0.1) is 26.3 Å². The molecule has 9 heteroatoms. The second-order valence-electron chi connectivity index (χ2n) is 8.39. The first-order chi connectivity index (χ1) is 17.9. The van der Waals surface area contributed by atoms with Gasteiger partial charge in [-0.25, -0.2) is 4.90 Å². The zero-order valence-corrected chi connectivity index (χ0v) is 21.3. The Bertz CT molecular complexity index is 1270. The average Bonchev–Trinajstić information content (AvgIpc) is 3.21. The fraction of sp³-hybridized carbons (Fsp3) is 0.250. The molecule has 0 bridgehead atoms. The molecule has 3 aromatic carbocycles. The van der Waals surface area contributed by atoms with Crippen molar-refractivity contribution in [2.24, 2.45) is 0 Å². The maximum absolute atomic E-state index is 13.4. The van der Waals surface area contributed by atoms with Crippen molar-refractivity contribution in [3.63, 3.8) is 0 Å². The minimum absolute atomic E-state index is 0.121. The molecule has 1 aliphatic heterocycles. The van der Waals surface area contributed by atoms with E-state index in [1.54, 1.807) is 68.8 Å². The van der Waals surface area contributed by atoms with Gasteiger partial charge in [0.2, 0.25) is 5.91 Å². The van der Waals surface area contributed by atoms with Crippen LogP contribution < -0.4 is 19.1 Å².